The van der Waals surface area contributed by atoms with Crippen molar-refractivity contribution in [1.29, 1.82) is 0 Å². The number of rotatable bonds is 4. The van der Waals surface area contributed by atoms with Crippen LogP contribution in [-0.4, -0.2) is 16.4 Å². The molecule has 0 spiro atoms. The predicted molar refractivity (Wildman–Crippen MR) is 74.8 cm³/mol. The Hall–Kier alpha value is -1.62. The van der Waals surface area contributed by atoms with Crippen LogP contribution in [0.1, 0.15) is 29.9 Å². The summed E-state index contributed by atoms with van der Waals surface area (Å²) in [7, 11) is 2.09. The van der Waals surface area contributed by atoms with Gasteiger partial charge in [-0.05, 0) is 41.9 Å². The van der Waals surface area contributed by atoms with Gasteiger partial charge in [-0.25, -0.2) is 0 Å². The maximum absolute atomic E-state index is 5.97. The Balaban J connectivity index is 1.82. The molecule has 0 atom stereocenters. The molecule has 0 aliphatic heterocycles. The molecule has 1 saturated carbocycles. The van der Waals surface area contributed by atoms with Crippen molar-refractivity contribution in [2.24, 2.45) is 0 Å². The Labute approximate surface area is 111 Å². The van der Waals surface area contributed by atoms with Crippen LogP contribution in [0.3, 0.4) is 0 Å². The van der Waals surface area contributed by atoms with E-state index in [0.29, 0.717) is 5.92 Å². The zero-order chi connectivity index (χ0) is 12.5. The second-order valence-corrected chi connectivity index (χ2v) is 5.53. The molecule has 2 aromatic heterocycles. The fourth-order valence-electron chi connectivity index (χ4n) is 2.17. The molecule has 2 heterocycles. The first-order chi connectivity index (χ1) is 8.75. The van der Waals surface area contributed by atoms with E-state index in [1.807, 2.05) is 12.3 Å². The first-order valence-corrected chi connectivity index (χ1v) is 6.88. The molecule has 2 aromatic rings. The van der Waals surface area contributed by atoms with Crippen molar-refractivity contribution < 1.29 is 0 Å². The molecular formula is C13H16N4S. The van der Waals surface area contributed by atoms with Crippen LogP contribution < -0.4 is 10.6 Å². The van der Waals surface area contributed by atoms with Gasteiger partial charge in [0.15, 0.2) is 0 Å². The lowest BCUT2D eigenvalue weighted by molar-refractivity contribution is 0.914. The van der Waals surface area contributed by atoms with Crippen LogP contribution in [-0.2, 0) is 6.54 Å². The number of hydrogen-bond donors (Lipinski definition) is 1. The third-order valence-electron chi connectivity index (χ3n) is 3.21. The molecule has 2 N–H and O–H groups in total. The van der Waals surface area contributed by atoms with E-state index in [0.717, 1.165) is 12.4 Å². The molecule has 3 rings (SSSR count). The van der Waals surface area contributed by atoms with Gasteiger partial charge >= 0.3 is 0 Å². The van der Waals surface area contributed by atoms with Crippen LogP contribution in [0, 0.1) is 0 Å². The topological polar surface area (TPSA) is 55.0 Å². The van der Waals surface area contributed by atoms with E-state index in [4.69, 9.17) is 5.73 Å². The van der Waals surface area contributed by atoms with Crippen molar-refractivity contribution in [2.45, 2.75) is 25.3 Å². The molecule has 0 radical (unpaired) electrons. The lowest BCUT2D eigenvalue weighted by Gasteiger charge is -2.18. The van der Waals surface area contributed by atoms with Gasteiger partial charge in [0.05, 0.1) is 0 Å². The minimum absolute atomic E-state index is 0.634. The summed E-state index contributed by atoms with van der Waals surface area (Å²) in [5.41, 5.74) is 8.43. The molecule has 0 aromatic carbocycles. The van der Waals surface area contributed by atoms with Crippen LogP contribution in [0.25, 0.3) is 0 Å². The van der Waals surface area contributed by atoms with E-state index in [1.165, 1.54) is 40.5 Å². The Morgan fingerprint density at radius 1 is 1.50 bits per heavy atom. The van der Waals surface area contributed by atoms with Crippen molar-refractivity contribution in [1.82, 2.24) is 9.36 Å². The molecule has 1 aliphatic rings. The number of pyridine rings is 1. The fraction of sp³-hybridized carbons (Fsp3) is 0.385. The van der Waals surface area contributed by atoms with Crippen molar-refractivity contribution in [3.8, 4) is 0 Å². The highest BCUT2D eigenvalue weighted by molar-refractivity contribution is 7.10. The maximum Gasteiger partial charge on any atom is 0.142 e. The van der Waals surface area contributed by atoms with Crippen LogP contribution in [0.15, 0.2) is 24.5 Å². The Morgan fingerprint density at radius 2 is 2.33 bits per heavy atom. The van der Waals surface area contributed by atoms with E-state index in [-0.39, 0.29) is 0 Å². The standard InChI is InChI=1S/C13H16N4S/c1-17(8-9-3-2-6-15-7-9)13-11(10-4-5-10)12(14)16-18-13/h2-3,6-7,10H,4-5,8H2,1H3,(H2,14,16). The SMILES string of the molecule is CN(Cc1cccnc1)c1snc(N)c1C1CC1. The Morgan fingerprint density at radius 3 is 3.00 bits per heavy atom. The predicted octanol–water partition coefficient (Wildman–Crippen LogP) is 2.63. The zero-order valence-electron chi connectivity index (χ0n) is 10.3. The lowest BCUT2D eigenvalue weighted by Crippen LogP contribution is -2.16. The summed E-state index contributed by atoms with van der Waals surface area (Å²) in [6, 6.07) is 4.05. The number of aromatic nitrogens is 2. The number of nitrogen functional groups attached to an aromatic ring is 1. The van der Waals surface area contributed by atoms with Crippen LogP contribution >= 0.6 is 11.5 Å². The summed E-state index contributed by atoms with van der Waals surface area (Å²) >= 11 is 1.50. The van der Waals surface area contributed by atoms with Gasteiger partial charge in [0.1, 0.15) is 10.8 Å². The lowest BCUT2D eigenvalue weighted by atomic mass is 10.2. The van der Waals surface area contributed by atoms with E-state index >= 15 is 0 Å². The van der Waals surface area contributed by atoms with E-state index in [9.17, 15) is 0 Å². The number of nitrogens with zero attached hydrogens (tertiary/aromatic N) is 3. The minimum Gasteiger partial charge on any atom is -0.383 e. The summed E-state index contributed by atoms with van der Waals surface area (Å²) < 4.78 is 4.30. The van der Waals surface area contributed by atoms with Crippen molar-refractivity contribution >= 4 is 22.4 Å². The molecule has 0 bridgehead atoms. The van der Waals surface area contributed by atoms with Crippen molar-refractivity contribution in [3.05, 3.63) is 35.7 Å². The smallest absolute Gasteiger partial charge is 0.142 e. The van der Waals surface area contributed by atoms with Gasteiger partial charge in [0.2, 0.25) is 0 Å². The van der Waals surface area contributed by atoms with Crippen LogP contribution in [0.2, 0.25) is 0 Å². The molecule has 0 saturated heterocycles. The third-order valence-corrected chi connectivity index (χ3v) is 4.20. The van der Waals surface area contributed by atoms with Gasteiger partial charge in [0.25, 0.3) is 0 Å². The van der Waals surface area contributed by atoms with Crippen molar-refractivity contribution in [3.63, 3.8) is 0 Å². The second-order valence-electron chi connectivity index (χ2n) is 4.78. The molecule has 5 heteroatoms. The number of anilines is 2. The summed E-state index contributed by atoms with van der Waals surface area (Å²) in [5, 5.41) is 1.21. The molecule has 18 heavy (non-hydrogen) atoms. The minimum atomic E-state index is 0.634. The summed E-state index contributed by atoms with van der Waals surface area (Å²) in [6.07, 6.45) is 6.19. The highest BCUT2D eigenvalue weighted by Gasteiger charge is 2.31. The molecule has 94 valence electrons. The van der Waals surface area contributed by atoms with Gasteiger partial charge in [-0.2, -0.15) is 4.37 Å². The van der Waals surface area contributed by atoms with Crippen LogP contribution in [0.4, 0.5) is 10.8 Å². The summed E-state index contributed by atoms with van der Waals surface area (Å²) in [4.78, 5) is 6.36. The second kappa shape index (κ2) is 4.57. The molecular weight excluding hydrogens is 244 g/mol. The van der Waals surface area contributed by atoms with E-state index < -0.39 is 0 Å². The first kappa shape index (κ1) is 11.5. The van der Waals surface area contributed by atoms with E-state index in [1.54, 1.807) is 6.20 Å². The monoisotopic (exact) mass is 260 g/mol. The first-order valence-electron chi connectivity index (χ1n) is 6.11. The molecule has 4 nitrogen and oxygen atoms in total. The molecule has 1 fully saturated rings. The van der Waals surface area contributed by atoms with Crippen molar-refractivity contribution in [2.75, 3.05) is 17.7 Å². The molecule has 0 unspecified atom stereocenters. The van der Waals surface area contributed by atoms with Gasteiger partial charge in [-0.3, -0.25) is 4.98 Å². The largest absolute Gasteiger partial charge is 0.383 e. The fourth-order valence-corrected chi connectivity index (χ4v) is 3.03. The van der Waals surface area contributed by atoms with Gasteiger partial charge in [-0.15, -0.1) is 0 Å². The quantitative estimate of drug-likeness (QED) is 0.918. The van der Waals surface area contributed by atoms with Gasteiger partial charge in [-0.1, -0.05) is 6.07 Å². The van der Waals surface area contributed by atoms with Gasteiger partial charge in [0, 0.05) is 31.5 Å². The zero-order valence-corrected chi connectivity index (χ0v) is 11.2. The number of nitrogens with two attached hydrogens (primary N) is 1. The molecule has 0 amide bonds. The summed E-state index contributed by atoms with van der Waals surface area (Å²) in [6.45, 7) is 0.842. The third kappa shape index (κ3) is 2.18. The van der Waals surface area contributed by atoms with Crippen LogP contribution in [0.5, 0.6) is 0 Å². The van der Waals surface area contributed by atoms with Gasteiger partial charge < -0.3 is 10.6 Å². The average Bonchev–Trinajstić information content (AvgIpc) is 3.13. The average molecular weight is 260 g/mol. The highest BCUT2D eigenvalue weighted by atomic mass is 32.1. The Bertz CT molecular complexity index is 533. The number of hydrogen-bond acceptors (Lipinski definition) is 5. The Kier molecular flexibility index (Phi) is 2.91. The maximum atomic E-state index is 5.97. The van der Waals surface area contributed by atoms with E-state index in [2.05, 4.69) is 27.4 Å². The highest BCUT2D eigenvalue weighted by Crippen LogP contribution is 2.48. The molecule has 1 aliphatic carbocycles. The summed E-state index contributed by atoms with van der Waals surface area (Å²) in [5.74, 6) is 1.35. The normalized spacial score (nSPS) is 14.7.